The molecule has 0 aromatic carbocycles. The molecule has 2 aliphatic heterocycles. The first-order chi connectivity index (χ1) is 11.6. The van der Waals surface area contributed by atoms with Gasteiger partial charge >= 0.3 is 0 Å². The zero-order valence-corrected chi connectivity index (χ0v) is 16.4. The van der Waals surface area contributed by atoms with Crippen molar-refractivity contribution in [1.29, 1.82) is 0 Å². The van der Waals surface area contributed by atoms with Gasteiger partial charge in [-0.3, -0.25) is 9.59 Å². The summed E-state index contributed by atoms with van der Waals surface area (Å²) in [6.07, 6.45) is 8.43. The Morgan fingerprint density at radius 2 is 1.60 bits per heavy atom. The van der Waals surface area contributed by atoms with Gasteiger partial charge in [-0.15, -0.1) is 12.4 Å². The summed E-state index contributed by atoms with van der Waals surface area (Å²) in [4.78, 5) is 28.9. The van der Waals surface area contributed by atoms with Crippen LogP contribution in [0.4, 0.5) is 0 Å². The normalized spacial score (nSPS) is 23.6. The van der Waals surface area contributed by atoms with Gasteiger partial charge < -0.3 is 15.1 Å². The van der Waals surface area contributed by atoms with Gasteiger partial charge in [-0.1, -0.05) is 39.0 Å². The highest BCUT2D eigenvalue weighted by molar-refractivity contribution is 5.85. The van der Waals surface area contributed by atoms with Gasteiger partial charge in [0.2, 0.25) is 11.8 Å². The second-order valence-corrected chi connectivity index (χ2v) is 7.96. The molecule has 2 heterocycles. The molecular formula is C19H34ClN3O2. The van der Waals surface area contributed by atoms with E-state index in [1.165, 1.54) is 32.1 Å². The lowest BCUT2D eigenvalue weighted by atomic mass is 9.86. The number of carbonyl (C=O) groups excluding carboxylic acids is 2. The predicted octanol–water partition coefficient (Wildman–Crippen LogP) is 2.30. The Kier molecular flexibility index (Phi) is 8.01. The molecule has 2 saturated heterocycles. The second kappa shape index (κ2) is 9.77. The molecule has 0 spiro atoms. The van der Waals surface area contributed by atoms with E-state index in [9.17, 15) is 9.59 Å². The minimum absolute atomic E-state index is 0. The standard InChI is InChI=1S/C19H33N3O2.ClH/c1-15(17-13-20-14-17)19(24)22-11-9-21(10-12-22)18(23)8-7-16-5-3-2-4-6-16;/h15-17,20H,2-14H2,1H3;1H. The molecule has 6 heteroatoms. The summed E-state index contributed by atoms with van der Waals surface area (Å²) in [7, 11) is 0. The van der Waals surface area contributed by atoms with Crippen molar-refractivity contribution >= 4 is 24.2 Å². The first kappa shape index (κ1) is 20.5. The molecule has 1 unspecified atom stereocenters. The van der Waals surface area contributed by atoms with Crippen molar-refractivity contribution < 1.29 is 9.59 Å². The minimum Gasteiger partial charge on any atom is -0.339 e. The smallest absolute Gasteiger partial charge is 0.225 e. The van der Waals surface area contributed by atoms with Crippen LogP contribution in [0.3, 0.4) is 0 Å². The molecule has 3 aliphatic rings. The predicted molar refractivity (Wildman–Crippen MR) is 102 cm³/mol. The summed E-state index contributed by atoms with van der Waals surface area (Å²) in [5.74, 6) is 1.94. The minimum atomic E-state index is 0. The molecule has 2 amide bonds. The Hall–Kier alpha value is -0.810. The van der Waals surface area contributed by atoms with Gasteiger partial charge in [0.25, 0.3) is 0 Å². The van der Waals surface area contributed by atoms with Gasteiger partial charge in [0.15, 0.2) is 0 Å². The van der Waals surface area contributed by atoms with Crippen LogP contribution in [0.25, 0.3) is 0 Å². The third kappa shape index (κ3) is 5.33. The number of halogens is 1. The molecule has 144 valence electrons. The van der Waals surface area contributed by atoms with Crippen LogP contribution in [0.5, 0.6) is 0 Å². The lowest BCUT2D eigenvalue weighted by molar-refractivity contribution is -0.143. The molecule has 0 bridgehead atoms. The molecule has 25 heavy (non-hydrogen) atoms. The van der Waals surface area contributed by atoms with Crippen LogP contribution < -0.4 is 5.32 Å². The number of hydrogen-bond acceptors (Lipinski definition) is 3. The van der Waals surface area contributed by atoms with Crippen LogP contribution in [0, 0.1) is 17.8 Å². The van der Waals surface area contributed by atoms with Crippen LogP contribution in [0.15, 0.2) is 0 Å². The molecule has 1 aliphatic carbocycles. The van der Waals surface area contributed by atoms with Gasteiger partial charge in [-0.25, -0.2) is 0 Å². The summed E-state index contributed by atoms with van der Waals surface area (Å²) in [6, 6.07) is 0. The molecule has 0 radical (unpaired) electrons. The van der Waals surface area contributed by atoms with Crippen LogP contribution in [-0.2, 0) is 9.59 Å². The Bertz CT molecular complexity index is 442. The van der Waals surface area contributed by atoms with Gasteiger partial charge in [0.05, 0.1) is 0 Å². The van der Waals surface area contributed by atoms with Crippen molar-refractivity contribution in [2.24, 2.45) is 17.8 Å². The zero-order valence-electron chi connectivity index (χ0n) is 15.5. The fourth-order valence-electron chi connectivity index (χ4n) is 4.29. The van der Waals surface area contributed by atoms with E-state index in [0.29, 0.717) is 44.4 Å². The Morgan fingerprint density at radius 1 is 1.00 bits per heavy atom. The first-order valence-corrected chi connectivity index (χ1v) is 9.92. The van der Waals surface area contributed by atoms with Crippen molar-refractivity contribution in [1.82, 2.24) is 15.1 Å². The Morgan fingerprint density at radius 3 is 2.16 bits per heavy atom. The van der Waals surface area contributed by atoms with Crippen molar-refractivity contribution in [3.63, 3.8) is 0 Å². The van der Waals surface area contributed by atoms with Crippen LogP contribution in [-0.4, -0.2) is 60.9 Å². The van der Waals surface area contributed by atoms with Crippen LogP contribution in [0.2, 0.25) is 0 Å². The van der Waals surface area contributed by atoms with Crippen molar-refractivity contribution in [2.45, 2.75) is 51.9 Å². The van der Waals surface area contributed by atoms with Crippen LogP contribution >= 0.6 is 12.4 Å². The summed E-state index contributed by atoms with van der Waals surface area (Å²) < 4.78 is 0. The number of piperazine rings is 1. The number of carbonyl (C=O) groups is 2. The zero-order chi connectivity index (χ0) is 16.9. The number of rotatable bonds is 5. The molecule has 0 aromatic heterocycles. The summed E-state index contributed by atoms with van der Waals surface area (Å²) in [5, 5.41) is 3.24. The van der Waals surface area contributed by atoms with E-state index in [-0.39, 0.29) is 24.2 Å². The van der Waals surface area contributed by atoms with Crippen molar-refractivity contribution in [3.05, 3.63) is 0 Å². The number of hydrogen-bond donors (Lipinski definition) is 1. The van der Waals surface area contributed by atoms with E-state index < -0.39 is 0 Å². The largest absolute Gasteiger partial charge is 0.339 e. The fraction of sp³-hybridized carbons (Fsp3) is 0.895. The third-order valence-corrected chi connectivity index (χ3v) is 6.34. The van der Waals surface area contributed by atoms with Gasteiger partial charge in [0.1, 0.15) is 0 Å². The maximum atomic E-state index is 12.5. The molecule has 5 nitrogen and oxygen atoms in total. The lowest BCUT2D eigenvalue weighted by Gasteiger charge is -2.39. The Labute approximate surface area is 158 Å². The second-order valence-electron chi connectivity index (χ2n) is 7.96. The average molecular weight is 372 g/mol. The van der Waals surface area contributed by atoms with Gasteiger partial charge in [-0.05, 0) is 31.3 Å². The van der Waals surface area contributed by atoms with Gasteiger partial charge in [-0.2, -0.15) is 0 Å². The van der Waals surface area contributed by atoms with E-state index in [0.717, 1.165) is 25.4 Å². The quantitative estimate of drug-likeness (QED) is 0.806. The molecule has 0 aromatic rings. The SMILES string of the molecule is CC(C(=O)N1CCN(C(=O)CCC2CCCCC2)CC1)C1CNC1.Cl. The molecule has 3 rings (SSSR count). The number of amides is 2. The third-order valence-electron chi connectivity index (χ3n) is 6.34. The topological polar surface area (TPSA) is 52.7 Å². The highest BCUT2D eigenvalue weighted by atomic mass is 35.5. The number of nitrogens with one attached hydrogen (secondary N) is 1. The van der Waals surface area contributed by atoms with Gasteiger partial charge in [0, 0.05) is 38.5 Å². The monoisotopic (exact) mass is 371 g/mol. The average Bonchev–Trinajstić information content (AvgIpc) is 2.58. The van der Waals surface area contributed by atoms with E-state index in [1.54, 1.807) is 0 Å². The maximum absolute atomic E-state index is 12.5. The van der Waals surface area contributed by atoms with E-state index in [1.807, 2.05) is 9.80 Å². The summed E-state index contributed by atoms with van der Waals surface area (Å²) in [6.45, 7) is 6.82. The lowest BCUT2D eigenvalue weighted by Crippen LogP contribution is -2.55. The van der Waals surface area contributed by atoms with E-state index in [2.05, 4.69) is 12.2 Å². The molecule has 3 fully saturated rings. The fourth-order valence-corrected chi connectivity index (χ4v) is 4.29. The van der Waals surface area contributed by atoms with Crippen LogP contribution in [0.1, 0.15) is 51.9 Å². The highest BCUT2D eigenvalue weighted by Crippen LogP contribution is 2.27. The van der Waals surface area contributed by atoms with Crippen molar-refractivity contribution in [3.8, 4) is 0 Å². The highest BCUT2D eigenvalue weighted by Gasteiger charge is 2.33. The maximum Gasteiger partial charge on any atom is 0.225 e. The summed E-state index contributed by atoms with van der Waals surface area (Å²) in [5.41, 5.74) is 0. The molecular weight excluding hydrogens is 338 g/mol. The van der Waals surface area contributed by atoms with E-state index in [4.69, 9.17) is 0 Å². The molecule has 1 saturated carbocycles. The Balaban J connectivity index is 0.00000225. The molecule has 1 N–H and O–H groups in total. The number of nitrogens with zero attached hydrogens (tertiary/aromatic N) is 2. The summed E-state index contributed by atoms with van der Waals surface area (Å²) >= 11 is 0. The molecule has 1 atom stereocenters. The van der Waals surface area contributed by atoms with Crippen molar-refractivity contribution in [2.75, 3.05) is 39.3 Å². The first-order valence-electron chi connectivity index (χ1n) is 9.92. The van der Waals surface area contributed by atoms with E-state index >= 15 is 0 Å².